The van der Waals surface area contributed by atoms with E-state index in [9.17, 15) is 0 Å². The van der Waals surface area contributed by atoms with E-state index in [1.165, 1.54) is 0 Å². The third-order valence-corrected chi connectivity index (χ3v) is 4.41. The van der Waals surface area contributed by atoms with Crippen molar-refractivity contribution in [2.24, 2.45) is 11.3 Å². The number of aromatic nitrogens is 1. The van der Waals surface area contributed by atoms with Crippen LogP contribution < -0.4 is 11.1 Å². The highest BCUT2D eigenvalue weighted by Gasteiger charge is 2.19. The van der Waals surface area contributed by atoms with Crippen LogP contribution in [0.5, 0.6) is 0 Å². The fourth-order valence-corrected chi connectivity index (χ4v) is 2.37. The minimum Gasteiger partial charge on any atom is -0.395 e. The molecule has 0 aliphatic carbocycles. The van der Waals surface area contributed by atoms with E-state index in [0.717, 1.165) is 28.1 Å². The van der Waals surface area contributed by atoms with Crippen molar-refractivity contribution < 1.29 is 0 Å². The van der Waals surface area contributed by atoms with Gasteiger partial charge in [0.05, 0.1) is 21.6 Å². The van der Waals surface area contributed by atoms with E-state index in [2.05, 4.69) is 44.1 Å². The van der Waals surface area contributed by atoms with Gasteiger partial charge in [0.1, 0.15) is 5.52 Å². The zero-order chi connectivity index (χ0) is 13.3. The molecule has 0 saturated carbocycles. The van der Waals surface area contributed by atoms with Gasteiger partial charge in [-0.3, -0.25) is 0 Å². The van der Waals surface area contributed by atoms with E-state index >= 15 is 0 Å². The monoisotopic (exact) mass is 263 g/mol. The molecule has 0 radical (unpaired) electrons. The van der Waals surface area contributed by atoms with E-state index in [4.69, 9.17) is 5.73 Å². The molecule has 0 amide bonds. The average molecular weight is 263 g/mol. The summed E-state index contributed by atoms with van der Waals surface area (Å²) in [6.45, 7) is 9.94. The zero-order valence-electron chi connectivity index (χ0n) is 11.4. The molecule has 0 bridgehead atoms. The van der Waals surface area contributed by atoms with Crippen LogP contribution in [0.1, 0.15) is 27.7 Å². The summed E-state index contributed by atoms with van der Waals surface area (Å²) in [5.74, 6) is 0.572. The van der Waals surface area contributed by atoms with Crippen LogP contribution in [0.2, 0.25) is 0 Å². The molecule has 1 atom stereocenters. The van der Waals surface area contributed by atoms with Gasteiger partial charge < -0.3 is 11.1 Å². The van der Waals surface area contributed by atoms with Gasteiger partial charge in [-0.1, -0.05) is 27.7 Å². The summed E-state index contributed by atoms with van der Waals surface area (Å²) in [7, 11) is 0. The van der Waals surface area contributed by atoms with Crippen molar-refractivity contribution in [2.45, 2.75) is 27.7 Å². The second kappa shape index (κ2) is 4.76. The number of fused-ring (bicyclic) bond motifs is 1. The van der Waals surface area contributed by atoms with Crippen molar-refractivity contribution in [2.75, 3.05) is 17.6 Å². The van der Waals surface area contributed by atoms with Crippen LogP contribution in [-0.4, -0.2) is 11.5 Å². The number of anilines is 2. The molecular formula is C14H21N3S. The molecular weight excluding hydrogens is 242 g/mol. The Morgan fingerprint density at radius 3 is 2.78 bits per heavy atom. The van der Waals surface area contributed by atoms with Crippen molar-refractivity contribution in [1.82, 2.24) is 4.98 Å². The lowest BCUT2D eigenvalue weighted by molar-refractivity contribution is 0.274. The Labute approximate surface area is 112 Å². The fourth-order valence-electron chi connectivity index (χ4n) is 1.68. The van der Waals surface area contributed by atoms with Crippen LogP contribution in [0.4, 0.5) is 11.4 Å². The summed E-state index contributed by atoms with van der Waals surface area (Å²) in [5, 5.41) is 3.44. The number of nitrogens with two attached hydrogens (primary N) is 1. The normalized spacial score (nSPS) is 13.8. The first-order chi connectivity index (χ1) is 8.39. The van der Waals surface area contributed by atoms with Gasteiger partial charge in [-0.2, -0.15) is 0 Å². The Hall–Kier alpha value is -1.29. The van der Waals surface area contributed by atoms with Crippen molar-refractivity contribution in [1.29, 1.82) is 0 Å². The predicted octanol–water partition coefficient (Wildman–Crippen LogP) is 3.97. The molecule has 1 heterocycles. The van der Waals surface area contributed by atoms with Crippen LogP contribution in [0.3, 0.4) is 0 Å². The summed E-state index contributed by atoms with van der Waals surface area (Å²) in [6, 6.07) is 4.12. The van der Waals surface area contributed by atoms with Crippen LogP contribution >= 0.6 is 11.3 Å². The van der Waals surface area contributed by atoms with E-state index < -0.39 is 0 Å². The van der Waals surface area contributed by atoms with Gasteiger partial charge in [0.15, 0.2) is 0 Å². The van der Waals surface area contributed by atoms with Crippen LogP contribution in [0, 0.1) is 11.3 Å². The lowest BCUT2D eigenvalue weighted by Gasteiger charge is -2.28. The Bertz CT molecular complexity index is 539. The highest BCUT2D eigenvalue weighted by molar-refractivity contribution is 7.16. The Morgan fingerprint density at radius 1 is 1.39 bits per heavy atom. The largest absolute Gasteiger partial charge is 0.395 e. The molecule has 0 aliphatic heterocycles. The highest BCUT2D eigenvalue weighted by Crippen LogP contribution is 2.31. The molecule has 0 spiro atoms. The Balaban J connectivity index is 2.15. The number of hydrogen-bond acceptors (Lipinski definition) is 4. The first-order valence-corrected chi connectivity index (χ1v) is 7.13. The summed E-state index contributed by atoms with van der Waals surface area (Å²) < 4.78 is 1.14. The Kier molecular flexibility index (Phi) is 3.48. The molecule has 0 saturated heterocycles. The van der Waals surface area contributed by atoms with E-state index in [0.29, 0.717) is 11.3 Å². The molecule has 98 valence electrons. The molecule has 4 heteroatoms. The molecule has 1 unspecified atom stereocenters. The van der Waals surface area contributed by atoms with Gasteiger partial charge in [0, 0.05) is 6.54 Å². The third kappa shape index (κ3) is 2.58. The number of nitrogens with one attached hydrogen (secondary N) is 1. The van der Waals surface area contributed by atoms with Gasteiger partial charge in [0.25, 0.3) is 0 Å². The maximum absolute atomic E-state index is 6.14. The van der Waals surface area contributed by atoms with E-state index in [1.54, 1.807) is 11.3 Å². The van der Waals surface area contributed by atoms with E-state index in [1.807, 2.05) is 11.6 Å². The topological polar surface area (TPSA) is 50.9 Å². The molecule has 0 aliphatic rings. The van der Waals surface area contributed by atoms with Crippen molar-refractivity contribution in [3.8, 4) is 0 Å². The molecule has 1 aromatic heterocycles. The quantitative estimate of drug-likeness (QED) is 0.824. The van der Waals surface area contributed by atoms with Gasteiger partial charge in [-0.05, 0) is 23.5 Å². The summed E-state index contributed by atoms with van der Waals surface area (Å²) >= 11 is 1.62. The van der Waals surface area contributed by atoms with Crippen LogP contribution in [0.25, 0.3) is 10.2 Å². The fraction of sp³-hybridized carbons (Fsp3) is 0.500. The maximum Gasteiger partial charge on any atom is 0.106 e. The average Bonchev–Trinajstić information content (AvgIpc) is 2.75. The second-order valence-corrected chi connectivity index (χ2v) is 6.76. The van der Waals surface area contributed by atoms with Gasteiger partial charge in [0.2, 0.25) is 0 Å². The number of rotatable bonds is 3. The SMILES string of the molecule is CC(CNc1ccc2scnc2c1N)C(C)(C)C. The molecule has 2 aromatic rings. The molecule has 18 heavy (non-hydrogen) atoms. The maximum atomic E-state index is 6.14. The molecule has 3 N–H and O–H groups in total. The number of hydrogen-bond donors (Lipinski definition) is 2. The summed E-state index contributed by atoms with van der Waals surface area (Å²) in [6.07, 6.45) is 0. The van der Waals surface area contributed by atoms with Crippen molar-refractivity contribution in [3.63, 3.8) is 0 Å². The number of thiazole rings is 1. The number of benzene rings is 1. The third-order valence-electron chi connectivity index (χ3n) is 3.62. The molecule has 2 rings (SSSR count). The second-order valence-electron chi connectivity index (χ2n) is 5.87. The number of nitrogens with zero attached hydrogens (tertiary/aromatic N) is 1. The number of nitrogen functional groups attached to an aromatic ring is 1. The lowest BCUT2D eigenvalue weighted by atomic mass is 9.82. The van der Waals surface area contributed by atoms with Gasteiger partial charge in [-0.15, -0.1) is 11.3 Å². The smallest absolute Gasteiger partial charge is 0.106 e. The van der Waals surface area contributed by atoms with Gasteiger partial charge >= 0.3 is 0 Å². The molecule has 0 fully saturated rings. The standard InChI is InChI=1S/C14H21N3S/c1-9(14(2,3)4)7-16-10-5-6-11-13(12(10)15)17-8-18-11/h5-6,8-9,16H,7,15H2,1-4H3. The van der Waals surface area contributed by atoms with E-state index in [-0.39, 0.29) is 0 Å². The van der Waals surface area contributed by atoms with Crippen molar-refractivity contribution in [3.05, 3.63) is 17.6 Å². The summed E-state index contributed by atoms with van der Waals surface area (Å²) in [4.78, 5) is 4.31. The van der Waals surface area contributed by atoms with Crippen LogP contribution in [0.15, 0.2) is 17.6 Å². The first-order valence-electron chi connectivity index (χ1n) is 6.25. The summed E-state index contributed by atoms with van der Waals surface area (Å²) in [5.41, 5.74) is 10.9. The van der Waals surface area contributed by atoms with Crippen molar-refractivity contribution >= 4 is 32.9 Å². The Morgan fingerprint density at radius 2 is 2.11 bits per heavy atom. The first kappa shape index (κ1) is 13.1. The molecule has 3 nitrogen and oxygen atoms in total. The highest BCUT2D eigenvalue weighted by atomic mass is 32.1. The van der Waals surface area contributed by atoms with Gasteiger partial charge in [-0.25, -0.2) is 4.98 Å². The van der Waals surface area contributed by atoms with Crippen LogP contribution in [-0.2, 0) is 0 Å². The molecule has 1 aromatic carbocycles. The zero-order valence-corrected chi connectivity index (χ0v) is 12.3. The predicted molar refractivity (Wildman–Crippen MR) is 81.1 cm³/mol. The minimum absolute atomic E-state index is 0.298. The minimum atomic E-state index is 0.298. The lowest BCUT2D eigenvalue weighted by Crippen LogP contribution is -2.25.